The van der Waals surface area contributed by atoms with Crippen LogP contribution in [0.15, 0.2) is 36.4 Å². The van der Waals surface area contributed by atoms with Crippen LogP contribution in [0.3, 0.4) is 0 Å². The van der Waals surface area contributed by atoms with Crippen LogP contribution < -0.4 is 10.6 Å². The summed E-state index contributed by atoms with van der Waals surface area (Å²) < 4.78 is 0. The van der Waals surface area contributed by atoms with Gasteiger partial charge in [-0.15, -0.1) is 0 Å². The number of rotatable bonds is 5. The molecule has 3 aromatic rings. The molecule has 0 aliphatic heterocycles. The number of nitrogens with zero attached hydrogens (tertiary/aromatic N) is 2. The van der Waals surface area contributed by atoms with Crippen LogP contribution in [0.2, 0.25) is 0 Å². The van der Waals surface area contributed by atoms with Crippen molar-refractivity contribution in [1.29, 1.82) is 0 Å². The summed E-state index contributed by atoms with van der Waals surface area (Å²) in [5.74, 6) is 1.57. The van der Waals surface area contributed by atoms with Gasteiger partial charge in [0, 0.05) is 23.2 Å². The van der Waals surface area contributed by atoms with Gasteiger partial charge in [0.2, 0.25) is 5.91 Å². The van der Waals surface area contributed by atoms with Crippen molar-refractivity contribution in [3.05, 3.63) is 36.4 Å². The van der Waals surface area contributed by atoms with Crippen molar-refractivity contribution in [2.75, 3.05) is 10.6 Å². The molecule has 0 spiro atoms. The molecule has 31 heavy (non-hydrogen) atoms. The smallest absolute Gasteiger partial charge is 0.228 e. The van der Waals surface area contributed by atoms with E-state index in [4.69, 9.17) is 0 Å². The number of benzene rings is 1. The van der Waals surface area contributed by atoms with E-state index in [1.807, 2.05) is 12.1 Å². The summed E-state index contributed by atoms with van der Waals surface area (Å²) in [7, 11) is 0. The summed E-state index contributed by atoms with van der Waals surface area (Å²) in [6, 6.07) is 12.8. The maximum absolute atomic E-state index is 12.5. The van der Waals surface area contributed by atoms with Crippen LogP contribution in [0.1, 0.15) is 64.2 Å². The third-order valence-corrected chi connectivity index (χ3v) is 6.71. The zero-order valence-corrected chi connectivity index (χ0v) is 18.0. The van der Waals surface area contributed by atoms with Gasteiger partial charge in [-0.2, -0.15) is 0 Å². The van der Waals surface area contributed by atoms with Crippen molar-refractivity contribution in [3.63, 3.8) is 0 Å². The van der Waals surface area contributed by atoms with Gasteiger partial charge in [0.25, 0.3) is 0 Å². The maximum Gasteiger partial charge on any atom is 0.228 e. The number of H-pyrrole nitrogens is 1. The van der Waals surface area contributed by atoms with Crippen LogP contribution >= 0.6 is 0 Å². The first-order chi connectivity index (χ1) is 15.2. The van der Waals surface area contributed by atoms with E-state index in [9.17, 15) is 4.79 Å². The molecular weight excluding hydrogens is 386 g/mol. The highest BCUT2D eigenvalue weighted by Gasteiger charge is 2.21. The first kappa shape index (κ1) is 20.0. The van der Waals surface area contributed by atoms with Crippen LogP contribution in [0.4, 0.5) is 11.5 Å². The summed E-state index contributed by atoms with van der Waals surface area (Å²) in [4.78, 5) is 25.1. The van der Waals surface area contributed by atoms with Crippen molar-refractivity contribution >= 4 is 28.6 Å². The van der Waals surface area contributed by atoms with Gasteiger partial charge in [0.15, 0.2) is 5.65 Å². The molecule has 2 aliphatic rings. The number of imidazole rings is 1. The molecular formula is C25H31N5O. The van der Waals surface area contributed by atoms with Gasteiger partial charge in [-0.1, -0.05) is 38.5 Å². The van der Waals surface area contributed by atoms with Crippen LogP contribution in [0.5, 0.6) is 0 Å². The van der Waals surface area contributed by atoms with Crippen LogP contribution in [0.25, 0.3) is 22.6 Å². The number of hydrogen-bond acceptors (Lipinski definition) is 4. The molecule has 0 unspecified atom stereocenters. The molecule has 5 rings (SSSR count). The molecule has 2 heterocycles. The highest BCUT2D eigenvalue weighted by Crippen LogP contribution is 2.27. The summed E-state index contributed by atoms with van der Waals surface area (Å²) in [5.41, 5.74) is 3.69. The standard InChI is InChI=1S/C25H31N5O/c31-25(18-7-3-1-4-8-18)29-22-16-15-21-24(28-22)30-23(27-21)17-11-13-20(14-12-17)26-19-9-5-2-6-10-19/h11-16,18-19,26H,1-10H2,(H2,27,28,29,30,31). The van der Waals surface area contributed by atoms with Gasteiger partial charge in [0.1, 0.15) is 11.6 Å². The second kappa shape index (κ2) is 9.08. The number of fused-ring (bicyclic) bond motifs is 1. The minimum atomic E-state index is 0.0864. The van der Waals surface area contributed by atoms with Crippen molar-refractivity contribution in [2.24, 2.45) is 5.92 Å². The van der Waals surface area contributed by atoms with Crippen LogP contribution in [0, 0.1) is 5.92 Å². The highest BCUT2D eigenvalue weighted by molar-refractivity contribution is 5.92. The molecule has 2 fully saturated rings. The molecule has 6 heteroatoms. The third-order valence-electron chi connectivity index (χ3n) is 6.71. The fourth-order valence-electron chi connectivity index (χ4n) is 4.90. The molecule has 0 saturated heterocycles. The lowest BCUT2D eigenvalue weighted by Crippen LogP contribution is -2.25. The molecule has 2 aliphatic carbocycles. The van der Waals surface area contributed by atoms with Gasteiger partial charge in [-0.3, -0.25) is 4.79 Å². The lowest BCUT2D eigenvalue weighted by Gasteiger charge is -2.23. The predicted octanol–water partition coefficient (Wildman–Crippen LogP) is 5.89. The second-order valence-corrected chi connectivity index (χ2v) is 9.03. The number of carbonyl (C=O) groups excluding carboxylic acids is 1. The Labute approximate surface area is 183 Å². The Morgan fingerprint density at radius 2 is 1.55 bits per heavy atom. The highest BCUT2D eigenvalue weighted by atomic mass is 16.1. The third kappa shape index (κ3) is 4.73. The lowest BCUT2D eigenvalue weighted by atomic mass is 9.89. The molecule has 0 atom stereocenters. The van der Waals surface area contributed by atoms with E-state index in [0.29, 0.717) is 17.5 Å². The van der Waals surface area contributed by atoms with Gasteiger partial charge in [0.05, 0.1) is 5.52 Å². The fraction of sp³-hybridized carbons (Fsp3) is 0.480. The number of pyridine rings is 1. The van der Waals surface area contributed by atoms with E-state index in [1.54, 1.807) is 0 Å². The minimum Gasteiger partial charge on any atom is -0.382 e. The Bertz CT molecular complexity index is 1030. The zero-order valence-electron chi connectivity index (χ0n) is 18.0. The van der Waals surface area contributed by atoms with E-state index in [0.717, 1.165) is 48.3 Å². The number of hydrogen-bond donors (Lipinski definition) is 3. The number of carbonyl (C=O) groups is 1. The van der Waals surface area contributed by atoms with Gasteiger partial charge in [-0.05, 0) is 62.1 Å². The number of aromatic nitrogens is 3. The Balaban J connectivity index is 1.27. The normalized spacial score (nSPS) is 18.2. The quantitative estimate of drug-likeness (QED) is 0.483. The first-order valence-electron chi connectivity index (χ1n) is 11.8. The first-order valence-corrected chi connectivity index (χ1v) is 11.8. The summed E-state index contributed by atoms with van der Waals surface area (Å²) >= 11 is 0. The number of anilines is 2. The van der Waals surface area contributed by atoms with Crippen molar-refractivity contribution < 1.29 is 4.79 Å². The van der Waals surface area contributed by atoms with E-state index < -0.39 is 0 Å². The fourth-order valence-corrected chi connectivity index (χ4v) is 4.90. The Morgan fingerprint density at radius 3 is 2.29 bits per heavy atom. The SMILES string of the molecule is O=C(Nc1ccc2[nH]c(-c3ccc(NC4CCCCC4)cc3)nc2n1)C1CCCCC1. The summed E-state index contributed by atoms with van der Waals surface area (Å²) in [5, 5.41) is 6.64. The Hall–Kier alpha value is -2.89. The molecule has 2 saturated carbocycles. The predicted molar refractivity (Wildman–Crippen MR) is 125 cm³/mol. The topological polar surface area (TPSA) is 82.7 Å². The zero-order chi connectivity index (χ0) is 21.0. The molecule has 162 valence electrons. The average molecular weight is 418 g/mol. The minimum absolute atomic E-state index is 0.0864. The van der Waals surface area contributed by atoms with E-state index >= 15 is 0 Å². The number of aromatic amines is 1. The van der Waals surface area contributed by atoms with E-state index in [1.165, 1.54) is 38.5 Å². The molecule has 0 bridgehead atoms. The van der Waals surface area contributed by atoms with Gasteiger partial charge in [-0.25, -0.2) is 9.97 Å². The van der Waals surface area contributed by atoms with Crippen LogP contribution in [-0.4, -0.2) is 26.9 Å². The average Bonchev–Trinajstić information content (AvgIpc) is 3.24. The largest absolute Gasteiger partial charge is 0.382 e. The lowest BCUT2D eigenvalue weighted by molar-refractivity contribution is -0.120. The molecule has 6 nitrogen and oxygen atoms in total. The Morgan fingerprint density at radius 1 is 0.839 bits per heavy atom. The molecule has 2 aromatic heterocycles. The summed E-state index contributed by atoms with van der Waals surface area (Å²) in [6.07, 6.45) is 12.0. The van der Waals surface area contributed by atoms with Gasteiger partial charge >= 0.3 is 0 Å². The van der Waals surface area contributed by atoms with Gasteiger partial charge < -0.3 is 15.6 Å². The molecule has 0 radical (unpaired) electrons. The van der Waals surface area contributed by atoms with Crippen molar-refractivity contribution in [3.8, 4) is 11.4 Å². The molecule has 1 aromatic carbocycles. The van der Waals surface area contributed by atoms with E-state index in [2.05, 4.69) is 49.9 Å². The van der Waals surface area contributed by atoms with Crippen molar-refractivity contribution in [2.45, 2.75) is 70.3 Å². The second-order valence-electron chi connectivity index (χ2n) is 9.03. The molecule has 3 N–H and O–H groups in total. The monoisotopic (exact) mass is 417 g/mol. The van der Waals surface area contributed by atoms with Crippen molar-refractivity contribution in [1.82, 2.24) is 15.0 Å². The summed E-state index contributed by atoms with van der Waals surface area (Å²) in [6.45, 7) is 0. The number of amides is 1. The maximum atomic E-state index is 12.5. The van der Waals surface area contributed by atoms with E-state index in [-0.39, 0.29) is 11.8 Å². The molecule has 1 amide bonds. The van der Waals surface area contributed by atoms with Crippen LogP contribution in [-0.2, 0) is 4.79 Å². The number of nitrogens with one attached hydrogen (secondary N) is 3. The Kier molecular flexibility index (Phi) is 5.87.